The van der Waals surface area contributed by atoms with Gasteiger partial charge < -0.3 is 5.11 Å². The van der Waals surface area contributed by atoms with Crippen molar-refractivity contribution in [2.75, 3.05) is 0 Å². The summed E-state index contributed by atoms with van der Waals surface area (Å²) in [4.78, 5) is 0. The summed E-state index contributed by atoms with van der Waals surface area (Å²) in [6.07, 6.45) is 1.55. The quantitative estimate of drug-likeness (QED) is 0.918. The van der Waals surface area contributed by atoms with Gasteiger partial charge >= 0.3 is 0 Å². The Morgan fingerprint density at radius 3 is 2.75 bits per heavy atom. The van der Waals surface area contributed by atoms with E-state index in [2.05, 4.69) is 5.10 Å². The lowest BCUT2D eigenvalue weighted by Crippen LogP contribution is -2.11. The molecule has 2 aromatic rings. The van der Waals surface area contributed by atoms with Crippen molar-refractivity contribution >= 4 is 11.6 Å². The van der Waals surface area contributed by atoms with E-state index in [4.69, 9.17) is 11.6 Å². The normalized spacial score (nSPS) is 12.7. The SMILES string of the molecule is CCCn1ncc(Cl)c1C(O)Cc1ccc(F)c(F)c1. The van der Waals surface area contributed by atoms with Crippen molar-refractivity contribution < 1.29 is 13.9 Å². The Morgan fingerprint density at radius 2 is 2.10 bits per heavy atom. The second-order valence-electron chi connectivity index (χ2n) is 4.57. The van der Waals surface area contributed by atoms with Crippen molar-refractivity contribution in [2.45, 2.75) is 32.4 Å². The first kappa shape index (κ1) is 14.9. The molecule has 6 heteroatoms. The van der Waals surface area contributed by atoms with Gasteiger partial charge in [0.1, 0.15) is 6.10 Å². The zero-order valence-corrected chi connectivity index (χ0v) is 11.7. The average Bonchev–Trinajstić information content (AvgIpc) is 2.76. The van der Waals surface area contributed by atoms with Gasteiger partial charge in [0, 0.05) is 13.0 Å². The Morgan fingerprint density at radius 1 is 1.35 bits per heavy atom. The Kier molecular flexibility index (Phi) is 4.73. The molecule has 1 aromatic carbocycles. The molecule has 2 rings (SSSR count). The van der Waals surface area contributed by atoms with Crippen LogP contribution in [0.4, 0.5) is 8.78 Å². The first-order valence-electron chi connectivity index (χ1n) is 6.36. The molecule has 0 aliphatic rings. The van der Waals surface area contributed by atoms with Crippen LogP contribution in [0, 0.1) is 11.6 Å². The maximum Gasteiger partial charge on any atom is 0.159 e. The Hall–Kier alpha value is -1.46. The zero-order chi connectivity index (χ0) is 14.7. The molecule has 0 spiro atoms. The first-order valence-corrected chi connectivity index (χ1v) is 6.74. The van der Waals surface area contributed by atoms with E-state index in [9.17, 15) is 13.9 Å². The monoisotopic (exact) mass is 300 g/mol. The van der Waals surface area contributed by atoms with Crippen molar-refractivity contribution in [3.8, 4) is 0 Å². The molecule has 0 amide bonds. The molecule has 3 nitrogen and oxygen atoms in total. The lowest BCUT2D eigenvalue weighted by Gasteiger charge is -2.14. The molecule has 0 aliphatic carbocycles. The topological polar surface area (TPSA) is 38.0 Å². The number of rotatable bonds is 5. The third-order valence-corrected chi connectivity index (χ3v) is 3.29. The number of aliphatic hydroxyl groups excluding tert-OH is 1. The van der Waals surface area contributed by atoms with Gasteiger partial charge in [0.2, 0.25) is 0 Å². The molecule has 0 saturated carbocycles. The summed E-state index contributed by atoms with van der Waals surface area (Å²) >= 11 is 6.02. The summed E-state index contributed by atoms with van der Waals surface area (Å²) in [5, 5.41) is 14.7. The van der Waals surface area contributed by atoms with Crippen LogP contribution in [0.2, 0.25) is 5.02 Å². The summed E-state index contributed by atoms with van der Waals surface area (Å²) < 4.78 is 27.6. The molecule has 0 bridgehead atoms. The Balaban J connectivity index is 2.21. The average molecular weight is 301 g/mol. The maximum absolute atomic E-state index is 13.2. The van der Waals surface area contributed by atoms with Gasteiger partial charge in [-0.15, -0.1) is 0 Å². The van der Waals surface area contributed by atoms with E-state index in [0.717, 1.165) is 18.6 Å². The van der Waals surface area contributed by atoms with Crippen LogP contribution >= 0.6 is 11.6 Å². The molecular formula is C14H15ClF2N2O. The third-order valence-electron chi connectivity index (χ3n) is 3.00. The van der Waals surface area contributed by atoms with Gasteiger partial charge in [0.25, 0.3) is 0 Å². The summed E-state index contributed by atoms with van der Waals surface area (Å²) in [6, 6.07) is 3.56. The predicted molar refractivity (Wildman–Crippen MR) is 72.5 cm³/mol. The molecule has 1 heterocycles. The van der Waals surface area contributed by atoms with E-state index in [1.165, 1.54) is 12.3 Å². The van der Waals surface area contributed by atoms with Crippen molar-refractivity contribution in [3.63, 3.8) is 0 Å². The second-order valence-corrected chi connectivity index (χ2v) is 4.98. The minimum absolute atomic E-state index is 0.145. The number of hydrogen-bond donors (Lipinski definition) is 1. The molecule has 20 heavy (non-hydrogen) atoms. The van der Waals surface area contributed by atoms with Crippen LogP contribution in [0.5, 0.6) is 0 Å². The van der Waals surface area contributed by atoms with Crippen LogP contribution in [-0.4, -0.2) is 14.9 Å². The van der Waals surface area contributed by atoms with Crippen LogP contribution in [0.25, 0.3) is 0 Å². The molecule has 1 aromatic heterocycles. The highest BCUT2D eigenvalue weighted by atomic mass is 35.5. The van der Waals surface area contributed by atoms with Crippen LogP contribution in [0.15, 0.2) is 24.4 Å². The minimum Gasteiger partial charge on any atom is -0.386 e. The van der Waals surface area contributed by atoms with Gasteiger partial charge in [-0.2, -0.15) is 5.10 Å². The molecule has 1 unspecified atom stereocenters. The number of hydrogen-bond acceptors (Lipinski definition) is 2. The minimum atomic E-state index is -0.928. The van der Waals surface area contributed by atoms with E-state index in [-0.39, 0.29) is 6.42 Å². The molecule has 1 atom stereocenters. The number of benzene rings is 1. The summed E-state index contributed by atoms with van der Waals surface area (Å²) in [5.74, 6) is -1.83. The molecule has 0 aliphatic heterocycles. The van der Waals surface area contributed by atoms with Gasteiger partial charge in [-0.1, -0.05) is 24.6 Å². The largest absolute Gasteiger partial charge is 0.386 e. The Bertz CT molecular complexity index is 601. The maximum atomic E-state index is 13.2. The van der Waals surface area contributed by atoms with Gasteiger partial charge in [-0.3, -0.25) is 4.68 Å². The summed E-state index contributed by atoms with van der Waals surface area (Å²) in [5.41, 5.74) is 0.995. The summed E-state index contributed by atoms with van der Waals surface area (Å²) in [6.45, 7) is 2.62. The highest BCUT2D eigenvalue weighted by molar-refractivity contribution is 6.31. The number of aromatic nitrogens is 2. The standard InChI is InChI=1S/C14H15ClF2N2O/c1-2-5-19-14(10(15)8-18-19)13(20)7-9-3-4-11(16)12(17)6-9/h3-4,6,8,13,20H,2,5,7H2,1H3. The van der Waals surface area contributed by atoms with E-state index in [1.54, 1.807) is 4.68 Å². The number of aryl methyl sites for hydroxylation is 1. The van der Waals surface area contributed by atoms with Crippen molar-refractivity contribution in [2.24, 2.45) is 0 Å². The fourth-order valence-corrected chi connectivity index (χ4v) is 2.35. The highest BCUT2D eigenvalue weighted by Crippen LogP contribution is 2.26. The van der Waals surface area contributed by atoms with Gasteiger partial charge in [0.05, 0.1) is 16.9 Å². The van der Waals surface area contributed by atoms with Crippen LogP contribution < -0.4 is 0 Å². The lowest BCUT2D eigenvalue weighted by atomic mass is 10.1. The van der Waals surface area contributed by atoms with Gasteiger partial charge in [-0.05, 0) is 24.1 Å². The molecule has 0 radical (unpaired) electrons. The van der Waals surface area contributed by atoms with Crippen molar-refractivity contribution in [3.05, 3.63) is 52.3 Å². The highest BCUT2D eigenvalue weighted by Gasteiger charge is 2.19. The van der Waals surface area contributed by atoms with E-state index in [1.807, 2.05) is 6.92 Å². The third kappa shape index (κ3) is 3.16. The smallest absolute Gasteiger partial charge is 0.159 e. The predicted octanol–water partition coefficient (Wildman–Crippen LogP) is 3.50. The number of aliphatic hydroxyl groups is 1. The van der Waals surface area contributed by atoms with E-state index in [0.29, 0.717) is 22.8 Å². The first-order chi connectivity index (χ1) is 9.52. The molecule has 108 valence electrons. The fraction of sp³-hybridized carbons (Fsp3) is 0.357. The lowest BCUT2D eigenvalue weighted by molar-refractivity contribution is 0.166. The Labute approximate surface area is 120 Å². The number of halogens is 3. The van der Waals surface area contributed by atoms with Gasteiger partial charge in [-0.25, -0.2) is 8.78 Å². The van der Waals surface area contributed by atoms with Crippen LogP contribution in [0.1, 0.15) is 30.7 Å². The summed E-state index contributed by atoms with van der Waals surface area (Å²) in [7, 11) is 0. The molecular weight excluding hydrogens is 286 g/mol. The van der Waals surface area contributed by atoms with Crippen LogP contribution in [0.3, 0.4) is 0 Å². The van der Waals surface area contributed by atoms with Gasteiger partial charge in [0.15, 0.2) is 11.6 Å². The fourth-order valence-electron chi connectivity index (χ4n) is 2.08. The van der Waals surface area contributed by atoms with E-state index < -0.39 is 17.7 Å². The number of nitrogens with zero attached hydrogens (tertiary/aromatic N) is 2. The van der Waals surface area contributed by atoms with E-state index >= 15 is 0 Å². The molecule has 1 N–H and O–H groups in total. The van der Waals surface area contributed by atoms with Crippen LogP contribution in [-0.2, 0) is 13.0 Å². The zero-order valence-electron chi connectivity index (χ0n) is 11.0. The van der Waals surface area contributed by atoms with Crippen molar-refractivity contribution in [1.29, 1.82) is 0 Å². The molecule has 0 saturated heterocycles. The molecule has 0 fully saturated rings. The second kappa shape index (κ2) is 6.33. The van der Waals surface area contributed by atoms with Crippen molar-refractivity contribution in [1.82, 2.24) is 9.78 Å².